The van der Waals surface area contributed by atoms with Gasteiger partial charge in [0.15, 0.2) is 5.82 Å². The molecule has 0 radical (unpaired) electrons. The number of hydrogen-bond donors (Lipinski definition) is 2. The van der Waals surface area contributed by atoms with E-state index in [0.29, 0.717) is 26.3 Å². The van der Waals surface area contributed by atoms with Gasteiger partial charge < -0.3 is 15.4 Å². The maximum absolute atomic E-state index is 12.5. The van der Waals surface area contributed by atoms with Crippen molar-refractivity contribution >= 4 is 17.5 Å². The van der Waals surface area contributed by atoms with Crippen LogP contribution >= 0.6 is 0 Å². The van der Waals surface area contributed by atoms with Gasteiger partial charge in [0.05, 0.1) is 38.8 Å². The fraction of sp³-hybridized carbons (Fsp3) is 0.500. The summed E-state index contributed by atoms with van der Waals surface area (Å²) in [7, 11) is 0. The van der Waals surface area contributed by atoms with E-state index < -0.39 is 0 Å². The Morgan fingerprint density at radius 3 is 2.96 bits per heavy atom. The number of morpholine rings is 1. The van der Waals surface area contributed by atoms with Crippen LogP contribution in [0.3, 0.4) is 0 Å². The van der Waals surface area contributed by atoms with Crippen LogP contribution in [0.25, 0.3) is 0 Å². The molecular formula is C18H23N7O3. The topological polar surface area (TPSA) is 114 Å². The highest BCUT2D eigenvalue weighted by Crippen LogP contribution is 2.29. The number of nitrogens with one attached hydrogen (secondary N) is 2. The molecule has 1 fully saturated rings. The summed E-state index contributed by atoms with van der Waals surface area (Å²) in [6.07, 6.45) is 0.470. The Balaban J connectivity index is 1.33. The first-order chi connectivity index (χ1) is 13.7. The van der Waals surface area contributed by atoms with Crippen LogP contribution in [0.1, 0.15) is 30.3 Å². The molecule has 0 bridgehead atoms. The zero-order chi connectivity index (χ0) is 19.3. The van der Waals surface area contributed by atoms with Crippen LogP contribution in [0, 0.1) is 0 Å². The number of fused-ring (bicyclic) bond motifs is 1. The maximum Gasteiger partial charge on any atom is 0.226 e. The van der Waals surface area contributed by atoms with Gasteiger partial charge in [0.1, 0.15) is 0 Å². The molecule has 3 heterocycles. The Hall–Kier alpha value is -2.85. The Morgan fingerprint density at radius 1 is 1.29 bits per heavy atom. The number of hydrogen-bond acceptors (Lipinski definition) is 7. The number of carbonyl (C=O) groups excluding carboxylic acids is 2. The molecule has 2 N–H and O–H groups in total. The van der Waals surface area contributed by atoms with Gasteiger partial charge in [0.25, 0.3) is 0 Å². The van der Waals surface area contributed by atoms with Crippen molar-refractivity contribution in [3.8, 4) is 0 Å². The fourth-order valence-corrected chi connectivity index (χ4v) is 3.48. The third-order valence-electron chi connectivity index (χ3n) is 4.96. The average Bonchev–Trinajstić information content (AvgIpc) is 3.14. The third kappa shape index (κ3) is 4.34. The van der Waals surface area contributed by atoms with Crippen LogP contribution in [0.15, 0.2) is 24.3 Å². The third-order valence-corrected chi connectivity index (χ3v) is 4.96. The van der Waals surface area contributed by atoms with E-state index in [2.05, 4.69) is 31.1 Å². The predicted octanol–water partition coefficient (Wildman–Crippen LogP) is 0.0951. The van der Waals surface area contributed by atoms with Crippen molar-refractivity contribution in [3.05, 3.63) is 35.7 Å². The van der Waals surface area contributed by atoms with Crippen LogP contribution in [0.4, 0.5) is 5.69 Å². The van der Waals surface area contributed by atoms with E-state index in [4.69, 9.17) is 4.74 Å². The molecule has 2 aliphatic rings. The molecule has 0 aliphatic carbocycles. The molecule has 2 aliphatic heterocycles. The van der Waals surface area contributed by atoms with E-state index in [-0.39, 0.29) is 30.7 Å². The molecule has 10 heteroatoms. The standard InChI is InChI=1S/C18H23N7O3/c26-17(20-15-11-18(27)19-14-4-2-1-3-13(14)15)5-6-25-16(21-22-23-25)12-24-7-9-28-10-8-24/h1-4,15H,5-12H2,(H,19,27)(H,20,26)/t15-/m0/s1. The van der Waals surface area contributed by atoms with Gasteiger partial charge in [-0.05, 0) is 22.1 Å². The maximum atomic E-state index is 12.5. The smallest absolute Gasteiger partial charge is 0.226 e. The zero-order valence-electron chi connectivity index (χ0n) is 15.5. The van der Waals surface area contributed by atoms with E-state index >= 15 is 0 Å². The number of nitrogens with zero attached hydrogens (tertiary/aromatic N) is 5. The summed E-state index contributed by atoms with van der Waals surface area (Å²) in [4.78, 5) is 26.6. The van der Waals surface area contributed by atoms with Gasteiger partial charge in [-0.25, -0.2) is 4.68 Å². The van der Waals surface area contributed by atoms with Crippen molar-refractivity contribution in [3.63, 3.8) is 0 Å². The largest absolute Gasteiger partial charge is 0.379 e. The Labute approximate surface area is 162 Å². The molecule has 4 rings (SSSR count). The molecule has 0 unspecified atom stereocenters. The number of benzene rings is 1. The quantitative estimate of drug-likeness (QED) is 0.724. The molecule has 28 heavy (non-hydrogen) atoms. The highest BCUT2D eigenvalue weighted by molar-refractivity contribution is 5.95. The lowest BCUT2D eigenvalue weighted by Crippen LogP contribution is -2.37. The number of anilines is 1. The van der Waals surface area contributed by atoms with Crippen molar-refractivity contribution in [2.75, 3.05) is 31.6 Å². The average molecular weight is 385 g/mol. The summed E-state index contributed by atoms with van der Waals surface area (Å²) < 4.78 is 7.01. The van der Waals surface area contributed by atoms with E-state index in [0.717, 1.165) is 30.2 Å². The Kier molecular flexibility index (Phi) is 5.58. The van der Waals surface area contributed by atoms with Crippen LogP contribution in [0.2, 0.25) is 0 Å². The first-order valence-corrected chi connectivity index (χ1v) is 9.42. The van der Waals surface area contributed by atoms with Crippen LogP contribution < -0.4 is 10.6 Å². The summed E-state index contributed by atoms with van der Waals surface area (Å²) in [5, 5.41) is 17.6. The van der Waals surface area contributed by atoms with E-state index in [9.17, 15) is 9.59 Å². The van der Waals surface area contributed by atoms with Crippen molar-refractivity contribution < 1.29 is 14.3 Å². The van der Waals surface area contributed by atoms with Crippen molar-refractivity contribution in [1.29, 1.82) is 0 Å². The number of amides is 2. The fourth-order valence-electron chi connectivity index (χ4n) is 3.48. The number of aromatic nitrogens is 4. The summed E-state index contributed by atoms with van der Waals surface area (Å²) in [5.74, 6) is 0.497. The molecule has 1 atom stereocenters. The van der Waals surface area contributed by atoms with Gasteiger partial charge in [-0.2, -0.15) is 0 Å². The normalized spacial score (nSPS) is 19.7. The molecule has 1 saturated heterocycles. The minimum Gasteiger partial charge on any atom is -0.379 e. The van der Waals surface area contributed by atoms with Gasteiger partial charge in [-0.15, -0.1) is 5.10 Å². The number of carbonyl (C=O) groups is 2. The first-order valence-electron chi connectivity index (χ1n) is 9.42. The summed E-state index contributed by atoms with van der Waals surface area (Å²) in [5.41, 5.74) is 1.67. The second-order valence-corrected chi connectivity index (χ2v) is 6.92. The van der Waals surface area contributed by atoms with Gasteiger partial charge >= 0.3 is 0 Å². The lowest BCUT2D eigenvalue weighted by atomic mass is 9.97. The van der Waals surface area contributed by atoms with Crippen LogP contribution in [-0.4, -0.2) is 63.2 Å². The van der Waals surface area contributed by atoms with E-state index in [1.165, 1.54) is 0 Å². The minimum atomic E-state index is -0.320. The Bertz CT molecular complexity index is 847. The van der Waals surface area contributed by atoms with Gasteiger partial charge in [0, 0.05) is 25.2 Å². The molecule has 1 aromatic carbocycles. The molecule has 0 spiro atoms. The van der Waals surface area contributed by atoms with Gasteiger partial charge in [-0.3, -0.25) is 14.5 Å². The molecule has 148 valence electrons. The molecular weight excluding hydrogens is 362 g/mol. The summed E-state index contributed by atoms with van der Waals surface area (Å²) in [6, 6.07) is 7.19. The lowest BCUT2D eigenvalue weighted by Gasteiger charge is -2.26. The number of ether oxygens (including phenoxy) is 1. The number of rotatable bonds is 6. The van der Waals surface area contributed by atoms with Crippen molar-refractivity contribution in [2.24, 2.45) is 0 Å². The predicted molar refractivity (Wildman–Crippen MR) is 99.1 cm³/mol. The minimum absolute atomic E-state index is 0.0997. The SMILES string of the molecule is O=C1C[C@H](NC(=O)CCn2nnnc2CN2CCOCC2)c2ccccc2N1. The number of tetrazole rings is 1. The van der Waals surface area contributed by atoms with Crippen molar-refractivity contribution in [1.82, 2.24) is 30.4 Å². The molecule has 0 saturated carbocycles. The molecule has 2 amide bonds. The number of aryl methyl sites for hydroxylation is 1. The van der Waals surface area contributed by atoms with E-state index in [1.807, 2.05) is 24.3 Å². The lowest BCUT2D eigenvalue weighted by molar-refractivity contribution is -0.122. The summed E-state index contributed by atoms with van der Waals surface area (Å²) >= 11 is 0. The molecule has 1 aromatic heterocycles. The monoisotopic (exact) mass is 385 g/mol. The second-order valence-electron chi connectivity index (χ2n) is 6.92. The van der Waals surface area contributed by atoms with Crippen LogP contribution in [-0.2, 0) is 27.4 Å². The van der Waals surface area contributed by atoms with Gasteiger partial charge in [-0.1, -0.05) is 18.2 Å². The molecule has 2 aromatic rings. The zero-order valence-corrected chi connectivity index (χ0v) is 15.5. The second kappa shape index (κ2) is 8.44. The molecule has 10 nitrogen and oxygen atoms in total. The Morgan fingerprint density at radius 2 is 2.11 bits per heavy atom. The highest BCUT2D eigenvalue weighted by Gasteiger charge is 2.26. The number of para-hydroxylation sites is 1. The van der Waals surface area contributed by atoms with Crippen LogP contribution in [0.5, 0.6) is 0 Å². The van der Waals surface area contributed by atoms with E-state index in [1.54, 1.807) is 4.68 Å². The van der Waals surface area contributed by atoms with Gasteiger partial charge in [0.2, 0.25) is 11.8 Å². The summed E-state index contributed by atoms with van der Waals surface area (Å²) in [6.45, 7) is 4.13. The van der Waals surface area contributed by atoms with Crippen molar-refractivity contribution in [2.45, 2.75) is 32.0 Å². The first kappa shape index (κ1) is 18.5. The highest BCUT2D eigenvalue weighted by atomic mass is 16.5.